The van der Waals surface area contributed by atoms with Crippen LogP contribution < -0.4 is 0 Å². The molecule has 6 heteroatoms. The minimum Gasteiger partial charge on any atom is -0.462 e. The van der Waals surface area contributed by atoms with Crippen molar-refractivity contribution in [2.24, 2.45) is 0 Å². The molecule has 0 aromatic heterocycles. The Morgan fingerprint density at radius 1 is 0.339 bits per heavy atom. The second-order valence-corrected chi connectivity index (χ2v) is 17.1. The van der Waals surface area contributed by atoms with Crippen molar-refractivity contribution in [3.05, 3.63) is 72.9 Å². The number of ether oxygens (including phenoxy) is 3. The summed E-state index contributed by atoms with van der Waals surface area (Å²) in [6.07, 6.45) is 63.5. The number of carbonyl (C=O) groups is 3. The minimum atomic E-state index is -0.801. The molecule has 0 fully saturated rings. The molecule has 6 nitrogen and oxygen atoms in total. The van der Waals surface area contributed by atoms with E-state index in [1.54, 1.807) is 0 Å². The van der Waals surface area contributed by atoms with Crippen LogP contribution in [0.3, 0.4) is 0 Å². The Balaban J connectivity index is 4.27. The zero-order valence-corrected chi connectivity index (χ0v) is 40.6. The molecule has 0 saturated heterocycles. The summed E-state index contributed by atoms with van der Waals surface area (Å²) >= 11 is 0. The lowest BCUT2D eigenvalue weighted by molar-refractivity contribution is -0.167. The maximum absolute atomic E-state index is 12.7. The third-order valence-electron chi connectivity index (χ3n) is 10.9. The molecule has 0 bridgehead atoms. The number of unbranched alkanes of at least 4 members (excludes halogenated alkanes) is 23. The first-order valence-corrected chi connectivity index (χ1v) is 25.9. The second kappa shape index (κ2) is 50.5. The predicted molar refractivity (Wildman–Crippen MR) is 265 cm³/mol. The third kappa shape index (κ3) is 47.9. The van der Waals surface area contributed by atoms with Gasteiger partial charge >= 0.3 is 17.9 Å². The molecule has 0 amide bonds. The van der Waals surface area contributed by atoms with Gasteiger partial charge in [0.15, 0.2) is 6.10 Å². The Kier molecular flexibility index (Phi) is 47.9. The molecule has 0 rings (SSSR count). The van der Waals surface area contributed by atoms with E-state index < -0.39 is 6.10 Å². The molecule has 0 aliphatic rings. The van der Waals surface area contributed by atoms with Gasteiger partial charge in [0.05, 0.1) is 0 Å². The van der Waals surface area contributed by atoms with Crippen molar-refractivity contribution >= 4 is 17.9 Å². The number of hydrogen-bond donors (Lipinski definition) is 0. The van der Waals surface area contributed by atoms with E-state index in [4.69, 9.17) is 14.2 Å². The lowest BCUT2D eigenvalue weighted by Gasteiger charge is -2.18. The largest absolute Gasteiger partial charge is 0.462 e. The molecule has 0 heterocycles. The highest BCUT2D eigenvalue weighted by Gasteiger charge is 2.19. The molecule has 62 heavy (non-hydrogen) atoms. The molecule has 0 N–H and O–H groups in total. The number of carbonyl (C=O) groups excluding carboxylic acids is 3. The maximum atomic E-state index is 12.7. The molecule has 0 aromatic carbocycles. The molecule has 0 spiro atoms. The van der Waals surface area contributed by atoms with Crippen LogP contribution in [0.5, 0.6) is 0 Å². The van der Waals surface area contributed by atoms with E-state index in [0.29, 0.717) is 19.3 Å². The van der Waals surface area contributed by atoms with Gasteiger partial charge in [-0.1, -0.05) is 216 Å². The van der Waals surface area contributed by atoms with Gasteiger partial charge < -0.3 is 14.2 Å². The van der Waals surface area contributed by atoms with E-state index in [2.05, 4.69) is 93.7 Å². The van der Waals surface area contributed by atoms with E-state index in [-0.39, 0.29) is 37.5 Å². The highest BCUT2D eigenvalue weighted by atomic mass is 16.6. The average Bonchev–Trinajstić information content (AvgIpc) is 3.27. The van der Waals surface area contributed by atoms with Crippen molar-refractivity contribution in [2.45, 2.75) is 252 Å². The summed E-state index contributed by atoms with van der Waals surface area (Å²) in [4.78, 5) is 37.7. The van der Waals surface area contributed by atoms with E-state index in [9.17, 15) is 14.4 Å². The Labute approximate surface area is 382 Å². The van der Waals surface area contributed by atoms with Crippen LogP contribution >= 0.6 is 0 Å². The van der Waals surface area contributed by atoms with Gasteiger partial charge in [0, 0.05) is 19.3 Å². The molecule has 0 radical (unpaired) electrons. The number of esters is 3. The lowest BCUT2D eigenvalue weighted by atomic mass is 10.1. The molecule has 1 unspecified atom stereocenters. The van der Waals surface area contributed by atoms with Crippen molar-refractivity contribution in [1.82, 2.24) is 0 Å². The number of allylic oxidation sites excluding steroid dienone is 12. The maximum Gasteiger partial charge on any atom is 0.306 e. The van der Waals surface area contributed by atoms with Crippen LogP contribution in [0.2, 0.25) is 0 Å². The van der Waals surface area contributed by atoms with Crippen molar-refractivity contribution < 1.29 is 28.6 Å². The molecule has 0 saturated carbocycles. The smallest absolute Gasteiger partial charge is 0.306 e. The Morgan fingerprint density at radius 3 is 1.05 bits per heavy atom. The first-order chi connectivity index (χ1) is 30.5. The summed E-state index contributed by atoms with van der Waals surface area (Å²) in [5.41, 5.74) is 0. The molecular weight excluding hydrogens is 769 g/mol. The van der Waals surface area contributed by atoms with Gasteiger partial charge in [0.2, 0.25) is 0 Å². The van der Waals surface area contributed by atoms with Gasteiger partial charge in [-0.25, -0.2) is 0 Å². The van der Waals surface area contributed by atoms with Crippen LogP contribution in [0.4, 0.5) is 0 Å². The standard InChI is InChI=1S/C56H96O6/c1-4-7-10-13-16-18-20-22-24-26-27-28-29-31-32-34-36-38-40-43-46-49-55(58)61-52-53(51-60-54(57)48-45-42-15-12-9-6-3)62-56(59)50-47-44-41-39-37-35-33-30-25-23-21-19-17-14-11-8-5-2/h8,11,17,19,23,25-27,33,35,39,41,53H,4-7,9-10,12-16,18,20-22,24,28-32,34,36-38,40,42-52H2,1-3H3/b11-8-,19-17-,25-23-,27-26-,35-33-,41-39-. The van der Waals surface area contributed by atoms with Crippen LogP contribution in [0.15, 0.2) is 72.9 Å². The van der Waals surface area contributed by atoms with E-state index in [0.717, 1.165) is 77.0 Å². The summed E-state index contributed by atoms with van der Waals surface area (Å²) in [5.74, 6) is -0.968. The molecular formula is C56H96O6. The van der Waals surface area contributed by atoms with Crippen molar-refractivity contribution in [3.63, 3.8) is 0 Å². The molecule has 356 valence electrons. The highest BCUT2D eigenvalue weighted by molar-refractivity contribution is 5.71. The summed E-state index contributed by atoms with van der Waals surface area (Å²) < 4.78 is 16.6. The first-order valence-electron chi connectivity index (χ1n) is 25.9. The predicted octanol–water partition coefficient (Wildman–Crippen LogP) is 17.0. The van der Waals surface area contributed by atoms with E-state index in [1.807, 2.05) is 0 Å². The normalized spacial score (nSPS) is 12.6. The van der Waals surface area contributed by atoms with Crippen LogP contribution in [-0.4, -0.2) is 37.2 Å². The summed E-state index contributed by atoms with van der Waals surface area (Å²) in [6, 6.07) is 0. The molecule has 1 atom stereocenters. The van der Waals surface area contributed by atoms with Crippen LogP contribution in [-0.2, 0) is 28.6 Å². The zero-order valence-electron chi connectivity index (χ0n) is 40.6. The van der Waals surface area contributed by atoms with Gasteiger partial charge in [-0.3, -0.25) is 14.4 Å². The molecule has 0 aliphatic carbocycles. The quantitative estimate of drug-likeness (QED) is 0.0262. The monoisotopic (exact) mass is 865 g/mol. The van der Waals surface area contributed by atoms with Crippen molar-refractivity contribution in [1.29, 1.82) is 0 Å². The average molecular weight is 865 g/mol. The van der Waals surface area contributed by atoms with Crippen LogP contribution in [0.1, 0.15) is 245 Å². The highest BCUT2D eigenvalue weighted by Crippen LogP contribution is 2.14. The fourth-order valence-electron chi connectivity index (χ4n) is 7.06. The van der Waals surface area contributed by atoms with Crippen molar-refractivity contribution in [2.75, 3.05) is 13.2 Å². The molecule has 0 aromatic rings. The summed E-state index contributed by atoms with van der Waals surface area (Å²) in [5, 5.41) is 0. The first kappa shape index (κ1) is 58.9. The fourth-order valence-corrected chi connectivity index (χ4v) is 7.06. The molecule has 0 aliphatic heterocycles. The van der Waals surface area contributed by atoms with Gasteiger partial charge in [-0.15, -0.1) is 0 Å². The van der Waals surface area contributed by atoms with E-state index >= 15 is 0 Å². The number of hydrogen-bond acceptors (Lipinski definition) is 6. The topological polar surface area (TPSA) is 78.9 Å². The Bertz CT molecular complexity index is 1180. The fraction of sp³-hybridized carbons (Fsp3) is 0.732. The summed E-state index contributed by atoms with van der Waals surface area (Å²) in [6.45, 7) is 6.42. The van der Waals surface area contributed by atoms with Crippen LogP contribution in [0.25, 0.3) is 0 Å². The lowest BCUT2D eigenvalue weighted by Crippen LogP contribution is -2.30. The minimum absolute atomic E-state index is 0.0985. The van der Waals surface area contributed by atoms with Gasteiger partial charge in [-0.05, 0) is 83.5 Å². The summed E-state index contributed by atoms with van der Waals surface area (Å²) in [7, 11) is 0. The second-order valence-electron chi connectivity index (χ2n) is 17.1. The number of rotatable bonds is 46. The Morgan fingerprint density at radius 2 is 0.645 bits per heavy atom. The van der Waals surface area contributed by atoms with Gasteiger partial charge in [0.25, 0.3) is 0 Å². The van der Waals surface area contributed by atoms with E-state index in [1.165, 1.54) is 122 Å². The van der Waals surface area contributed by atoms with Crippen LogP contribution in [0, 0.1) is 0 Å². The zero-order chi connectivity index (χ0) is 45.1. The SMILES string of the molecule is CC/C=C\C/C=C\C/C=C\C/C=C\C/C=C\CCCC(=O)OC(COC(=O)CCCCCCCC)COC(=O)CCCCCCCCCCC/C=C\CCCCCCCCCC. The Hall–Kier alpha value is -3.15. The van der Waals surface area contributed by atoms with Crippen molar-refractivity contribution in [3.8, 4) is 0 Å². The van der Waals surface area contributed by atoms with Gasteiger partial charge in [0.1, 0.15) is 13.2 Å². The third-order valence-corrected chi connectivity index (χ3v) is 10.9. The van der Waals surface area contributed by atoms with Gasteiger partial charge in [-0.2, -0.15) is 0 Å².